The second-order valence-corrected chi connectivity index (χ2v) is 18.5. The molecule has 0 fully saturated rings. The SMILES string of the molecule is Cc1cc2c(cc1C)N(c1cccc(-c3ccccc3)c1)C(=C1N(c3cccc(-c4ccccc4)c3)c3cc(C)c(C)cc3N1c1cccc(-c3ccccc3)c1)N2c1cccc(-c2ccccc2)c1. The van der Waals surface area contributed by atoms with Crippen molar-refractivity contribution in [2.24, 2.45) is 0 Å². The highest BCUT2D eigenvalue weighted by atomic mass is 15.5. The second-order valence-electron chi connectivity index (χ2n) is 18.5. The molecule has 0 bridgehead atoms. The van der Waals surface area contributed by atoms with Gasteiger partial charge in [0.15, 0.2) is 11.6 Å². The van der Waals surface area contributed by atoms with Gasteiger partial charge in [-0.3, -0.25) is 19.6 Å². The molecule has 0 saturated carbocycles. The first kappa shape index (κ1) is 42.5. The number of hydrogen-bond donors (Lipinski definition) is 0. The van der Waals surface area contributed by atoms with Gasteiger partial charge in [0.05, 0.1) is 22.7 Å². The maximum Gasteiger partial charge on any atom is 0.166 e. The molecule has 12 rings (SSSR count). The van der Waals surface area contributed by atoms with Gasteiger partial charge in [0.2, 0.25) is 0 Å². The van der Waals surface area contributed by atoms with Gasteiger partial charge in [0.25, 0.3) is 0 Å². The third-order valence-electron chi connectivity index (χ3n) is 14.0. The van der Waals surface area contributed by atoms with E-state index >= 15 is 0 Å². The molecular formula is C66H52N4. The Labute approximate surface area is 411 Å². The number of hydrogen-bond acceptors (Lipinski definition) is 4. The Morgan fingerprint density at radius 1 is 0.200 bits per heavy atom. The molecule has 4 heteroatoms. The van der Waals surface area contributed by atoms with Crippen LogP contribution in [-0.2, 0) is 0 Å². The second kappa shape index (κ2) is 17.7. The van der Waals surface area contributed by atoms with E-state index in [0.29, 0.717) is 0 Å². The summed E-state index contributed by atoms with van der Waals surface area (Å²) in [5.74, 6) is 2.02. The molecule has 10 aromatic rings. The van der Waals surface area contributed by atoms with E-state index in [4.69, 9.17) is 0 Å². The van der Waals surface area contributed by atoms with Crippen molar-refractivity contribution in [3.05, 3.63) is 277 Å². The van der Waals surface area contributed by atoms with Gasteiger partial charge in [0, 0.05) is 22.7 Å². The van der Waals surface area contributed by atoms with E-state index in [1.165, 1.54) is 44.5 Å². The van der Waals surface area contributed by atoms with Crippen LogP contribution < -0.4 is 19.6 Å². The topological polar surface area (TPSA) is 13.0 Å². The van der Waals surface area contributed by atoms with Crippen LogP contribution in [0.1, 0.15) is 22.3 Å². The minimum atomic E-state index is 1.01. The zero-order valence-electron chi connectivity index (χ0n) is 39.9. The van der Waals surface area contributed by atoms with Crippen molar-refractivity contribution >= 4 is 45.5 Å². The Kier molecular flexibility index (Phi) is 10.7. The van der Waals surface area contributed by atoms with E-state index in [2.05, 4.69) is 290 Å². The standard InChI is InChI=1S/C66H52N4/c1-45-37-61-62(38-46(45)2)68(58-34-18-30-54(42-58)50-23-11-6-12-24-50)65(67(61)57-33-17-29-53(41-57)49-21-9-5-10-22-49)66-69(59-35-19-31-55(43-59)51-25-13-7-14-26-51)63-39-47(3)48(4)40-64(63)70(66)60-36-20-32-56(44-60)52-27-15-8-16-28-52/h5-44H,1-4H3. The Morgan fingerprint density at radius 3 is 0.614 bits per heavy atom. The molecule has 0 aliphatic carbocycles. The first-order chi connectivity index (χ1) is 34.4. The van der Waals surface area contributed by atoms with E-state index in [1.807, 2.05) is 0 Å². The molecule has 2 aliphatic rings. The number of fused-ring (bicyclic) bond motifs is 2. The fourth-order valence-corrected chi connectivity index (χ4v) is 10.2. The van der Waals surface area contributed by atoms with Gasteiger partial charge in [-0.2, -0.15) is 0 Å². The minimum Gasteiger partial charge on any atom is -0.291 e. The van der Waals surface area contributed by atoms with Gasteiger partial charge in [0.1, 0.15) is 0 Å². The van der Waals surface area contributed by atoms with E-state index in [9.17, 15) is 0 Å². The number of benzene rings is 10. The lowest BCUT2D eigenvalue weighted by molar-refractivity contribution is 1.01. The van der Waals surface area contributed by atoms with Crippen LogP contribution in [0.15, 0.2) is 254 Å². The van der Waals surface area contributed by atoms with Crippen molar-refractivity contribution in [3.63, 3.8) is 0 Å². The molecule has 0 N–H and O–H groups in total. The summed E-state index contributed by atoms with van der Waals surface area (Å²) in [5, 5.41) is 0. The normalized spacial score (nSPS) is 13.0. The minimum absolute atomic E-state index is 1.01. The molecule has 0 amide bonds. The summed E-state index contributed by atoms with van der Waals surface area (Å²) in [4.78, 5) is 10.1. The molecule has 2 heterocycles. The predicted molar refractivity (Wildman–Crippen MR) is 295 cm³/mol. The smallest absolute Gasteiger partial charge is 0.166 e. The summed E-state index contributed by atoms with van der Waals surface area (Å²) in [6.07, 6.45) is 0. The zero-order valence-corrected chi connectivity index (χ0v) is 39.9. The van der Waals surface area contributed by atoms with Crippen molar-refractivity contribution in [2.45, 2.75) is 27.7 Å². The van der Waals surface area contributed by atoms with Gasteiger partial charge in [-0.05, 0) is 167 Å². The third kappa shape index (κ3) is 7.51. The average Bonchev–Trinajstić information content (AvgIpc) is 3.91. The maximum atomic E-state index is 2.52. The average molecular weight is 901 g/mol. The van der Waals surface area contributed by atoms with Crippen LogP contribution in [0, 0.1) is 27.7 Å². The molecular weight excluding hydrogens is 849 g/mol. The zero-order chi connectivity index (χ0) is 47.3. The lowest BCUT2D eigenvalue weighted by atomic mass is 10.0. The first-order valence-corrected chi connectivity index (χ1v) is 24.2. The molecule has 4 nitrogen and oxygen atoms in total. The number of rotatable bonds is 8. The predicted octanol–water partition coefficient (Wildman–Crippen LogP) is 18.0. The van der Waals surface area contributed by atoms with Crippen molar-refractivity contribution in [3.8, 4) is 44.5 Å². The summed E-state index contributed by atoms with van der Waals surface area (Å²) in [6, 6.07) is 88.7. The number of nitrogens with zero attached hydrogens (tertiary/aromatic N) is 4. The monoisotopic (exact) mass is 900 g/mol. The summed E-state index contributed by atoms with van der Waals surface area (Å²) < 4.78 is 0. The molecule has 2 aliphatic heterocycles. The quantitative estimate of drug-likeness (QED) is 0.151. The Hall–Kier alpha value is -8.86. The highest BCUT2D eigenvalue weighted by Crippen LogP contribution is 2.58. The van der Waals surface area contributed by atoms with Gasteiger partial charge in [-0.25, -0.2) is 0 Å². The fourth-order valence-electron chi connectivity index (χ4n) is 10.2. The van der Waals surface area contributed by atoms with Crippen LogP contribution in [-0.4, -0.2) is 0 Å². The molecule has 0 aromatic heterocycles. The molecule has 70 heavy (non-hydrogen) atoms. The van der Waals surface area contributed by atoms with Crippen molar-refractivity contribution in [1.82, 2.24) is 0 Å². The molecule has 10 aromatic carbocycles. The van der Waals surface area contributed by atoms with Crippen LogP contribution in [0.5, 0.6) is 0 Å². The maximum absolute atomic E-state index is 2.52. The summed E-state index contributed by atoms with van der Waals surface area (Å²) in [6.45, 7) is 8.94. The van der Waals surface area contributed by atoms with Crippen molar-refractivity contribution in [2.75, 3.05) is 19.6 Å². The van der Waals surface area contributed by atoms with E-state index < -0.39 is 0 Å². The largest absolute Gasteiger partial charge is 0.291 e. The first-order valence-electron chi connectivity index (χ1n) is 24.2. The summed E-state index contributed by atoms with van der Waals surface area (Å²) in [7, 11) is 0. The number of aryl methyl sites for hydroxylation is 4. The van der Waals surface area contributed by atoms with E-state index in [1.54, 1.807) is 0 Å². The molecule has 0 unspecified atom stereocenters. The molecule has 0 spiro atoms. The Morgan fingerprint density at radius 2 is 0.400 bits per heavy atom. The molecule has 0 radical (unpaired) electrons. The molecule has 336 valence electrons. The lowest BCUT2D eigenvalue weighted by Crippen LogP contribution is -2.33. The molecule has 0 saturated heterocycles. The van der Waals surface area contributed by atoms with Gasteiger partial charge < -0.3 is 0 Å². The van der Waals surface area contributed by atoms with E-state index in [0.717, 1.165) is 79.4 Å². The number of anilines is 8. The van der Waals surface area contributed by atoms with Gasteiger partial charge >= 0.3 is 0 Å². The third-order valence-corrected chi connectivity index (χ3v) is 14.0. The highest BCUT2D eigenvalue weighted by Gasteiger charge is 2.45. The summed E-state index contributed by atoms with van der Waals surface area (Å²) in [5.41, 5.74) is 22.9. The van der Waals surface area contributed by atoms with Crippen LogP contribution >= 0.6 is 0 Å². The van der Waals surface area contributed by atoms with Crippen molar-refractivity contribution in [1.29, 1.82) is 0 Å². The lowest BCUT2D eigenvalue weighted by Gasteiger charge is -2.34. The fraction of sp³-hybridized carbons (Fsp3) is 0.0606. The Balaban J connectivity index is 1.23. The van der Waals surface area contributed by atoms with Crippen LogP contribution in [0.4, 0.5) is 45.5 Å². The Bertz CT molecular complexity index is 3130. The van der Waals surface area contributed by atoms with Gasteiger partial charge in [-0.15, -0.1) is 0 Å². The van der Waals surface area contributed by atoms with Crippen LogP contribution in [0.25, 0.3) is 44.5 Å². The van der Waals surface area contributed by atoms with Crippen molar-refractivity contribution < 1.29 is 0 Å². The van der Waals surface area contributed by atoms with E-state index in [-0.39, 0.29) is 0 Å². The summed E-state index contributed by atoms with van der Waals surface area (Å²) >= 11 is 0. The molecule has 0 atom stereocenters. The van der Waals surface area contributed by atoms with Crippen LogP contribution in [0.3, 0.4) is 0 Å². The van der Waals surface area contributed by atoms with Gasteiger partial charge in [-0.1, -0.05) is 170 Å². The van der Waals surface area contributed by atoms with Crippen LogP contribution in [0.2, 0.25) is 0 Å². The highest BCUT2D eigenvalue weighted by molar-refractivity contribution is 6.02.